The van der Waals surface area contributed by atoms with Crippen LogP contribution in [0.25, 0.3) is 0 Å². The number of aromatic nitrogens is 1. The molecule has 2 aromatic rings. The maximum Gasteiger partial charge on any atom is 0.389 e. The molecule has 142 valence electrons. The van der Waals surface area contributed by atoms with E-state index in [1.165, 1.54) is 0 Å². The fourth-order valence-electron chi connectivity index (χ4n) is 2.76. The minimum atomic E-state index is -4.17. The monoisotopic (exact) mass is 367 g/mol. The van der Waals surface area contributed by atoms with Gasteiger partial charge < -0.3 is 9.84 Å². The Hall–Kier alpha value is -2.08. The number of rotatable bonds is 8. The molecule has 6 heteroatoms. The number of hydrogen-bond acceptors (Lipinski definition) is 3. The van der Waals surface area contributed by atoms with Gasteiger partial charge in [-0.05, 0) is 42.0 Å². The molecule has 1 heterocycles. The Kier molecular flexibility index (Phi) is 6.64. The molecule has 0 aliphatic heterocycles. The molecule has 0 spiro atoms. The third kappa shape index (κ3) is 6.33. The van der Waals surface area contributed by atoms with E-state index in [0.29, 0.717) is 17.9 Å². The predicted molar refractivity (Wildman–Crippen MR) is 93.7 cm³/mol. The Balaban J connectivity index is 1.98. The summed E-state index contributed by atoms with van der Waals surface area (Å²) < 4.78 is 42.8. The van der Waals surface area contributed by atoms with Crippen LogP contribution in [-0.4, -0.2) is 16.3 Å². The van der Waals surface area contributed by atoms with E-state index in [1.54, 1.807) is 50.5 Å². The second kappa shape index (κ2) is 8.54. The van der Waals surface area contributed by atoms with Crippen molar-refractivity contribution >= 4 is 0 Å². The highest BCUT2D eigenvalue weighted by Crippen LogP contribution is 2.39. The van der Waals surface area contributed by atoms with E-state index in [1.807, 2.05) is 12.1 Å². The average Bonchev–Trinajstić information content (AvgIpc) is 2.59. The maximum absolute atomic E-state index is 12.3. The van der Waals surface area contributed by atoms with E-state index in [9.17, 15) is 18.3 Å². The molecule has 0 saturated heterocycles. The third-order valence-electron chi connectivity index (χ3n) is 4.32. The van der Waals surface area contributed by atoms with Gasteiger partial charge in [0.2, 0.25) is 0 Å². The summed E-state index contributed by atoms with van der Waals surface area (Å²) in [5, 5.41) is 10.6. The maximum atomic E-state index is 12.3. The highest BCUT2D eigenvalue weighted by molar-refractivity contribution is 5.31. The van der Waals surface area contributed by atoms with Crippen molar-refractivity contribution in [2.24, 2.45) is 5.41 Å². The molecule has 1 N–H and O–H groups in total. The topological polar surface area (TPSA) is 42.4 Å². The van der Waals surface area contributed by atoms with Gasteiger partial charge in [0.25, 0.3) is 0 Å². The molecule has 0 fully saturated rings. The van der Waals surface area contributed by atoms with Gasteiger partial charge in [0.05, 0.1) is 6.10 Å². The van der Waals surface area contributed by atoms with Gasteiger partial charge in [-0.2, -0.15) is 13.2 Å². The number of halogens is 3. The van der Waals surface area contributed by atoms with Crippen LogP contribution in [0.4, 0.5) is 13.2 Å². The fraction of sp³-hybridized carbons (Fsp3) is 0.450. The standard InChI is InChI=1S/C20H24F3NO2/c1-19(2,9-5-10-20(21,22)23)18(25)16-7-3-8-17(12-16)26-14-15-6-4-11-24-13-15/h3-4,6-8,11-13,18,25H,5,9-10,14H2,1-2H3. The van der Waals surface area contributed by atoms with Gasteiger partial charge in [0, 0.05) is 24.4 Å². The number of pyridine rings is 1. The van der Waals surface area contributed by atoms with Crippen LogP contribution in [0.3, 0.4) is 0 Å². The van der Waals surface area contributed by atoms with Gasteiger partial charge in [0.1, 0.15) is 12.4 Å². The number of hydrogen-bond donors (Lipinski definition) is 1. The third-order valence-corrected chi connectivity index (χ3v) is 4.32. The summed E-state index contributed by atoms with van der Waals surface area (Å²) in [5.74, 6) is 0.594. The highest BCUT2D eigenvalue weighted by atomic mass is 19.4. The molecule has 0 radical (unpaired) electrons. The van der Waals surface area contributed by atoms with Gasteiger partial charge in [-0.15, -0.1) is 0 Å². The summed E-state index contributed by atoms with van der Waals surface area (Å²) in [6.45, 7) is 3.90. The van der Waals surface area contributed by atoms with E-state index in [4.69, 9.17) is 4.74 Å². The van der Waals surface area contributed by atoms with Crippen molar-refractivity contribution < 1.29 is 23.0 Å². The number of aliphatic hydroxyl groups is 1. The Morgan fingerprint density at radius 3 is 2.54 bits per heavy atom. The molecule has 1 aromatic heterocycles. The van der Waals surface area contributed by atoms with Gasteiger partial charge >= 0.3 is 6.18 Å². The zero-order valence-electron chi connectivity index (χ0n) is 15.0. The minimum absolute atomic E-state index is 0.00917. The van der Waals surface area contributed by atoms with Gasteiger partial charge in [0.15, 0.2) is 0 Å². The van der Waals surface area contributed by atoms with Crippen LogP contribution in [0.2, 0.25) is 0 Å². The smallest absolute Gasteiger partial charge is 0.389 e. The first kappa shape index (κ1) is 20.2. The van der Waals surface area contributed by atoms with Crippen LogP contribution in [-0.2, 0) is 6.61 Å². The number of ether oxygens (including phenoxy) is 1. The number of alkyl halides is 3. The summed E-state index contributed by atoms with van der Waals surface area (Å²) in [5.41, 5.74) is 0.879. The van der Waals surface area contributed by atoms with Crippen molar-refractivity contribution in [2.75, 3.05) is 0 Å². The van der Waals surface area contributed by atoms with Gasteiger partial charge in [-0.25, -0.2) is 0 Å². The molecular formula is C20H24F3NO2. The normalized spacial score (nSPS) is 13.5. The van der Waals surface area contributed by atoms with Crippen molar-refractivity contribution in [3.63, 3.8) is 0 Å². The molecule has 26 heavy (non-hydrogen) atoms. The number of nitrogens with zero attached hydrogens (tertiary/aromatic N) is 1. The van der Waals surface area contributed by atoms with Crippen molar-refractivity contribution in [1.29, 1.82) is 0 Å². The van der Waals surface area contributed by atoms with Gasteiger partial charge in [-0.1, -0.05) is 32.0 Å². The Morgan fingerprint density at radius 1 is 1.12 bits per heavy atom. The van der Waals surface area contributed by atoms with Crippen molar-refractivity contribution in [1.82, 2.24) is 4.98 Å². The first-order chi connectivity index (χ1) is 12.2. The van der Waals surface area contributed by atoms with E-state index < -0.39 is 24.1 Å². The molecule has 0 aliphatic carbocycles. The molecule has 3 nitrogen and oxygen atoms in total. The molecule has 1 atom stereocenters. The lowest BCUT2D eigenvalue weighted by Crippen LogP contribution is -2.23. The van der Waals surface area contributed by atoms with E-state index in [-0.39, 0.29) is 12.8 Å². The molecule has 1 unspecified atom stereocenters. The lowest BCUT2D eigenvalue weighted by Gasteiger charge is -2.31. The largest absolute Gasteiger partial charge is 0.489 e. The fourth-order valence-corrected chi connectivity index (χ4v) is 2.76. The average molecular weight is 367 g/mol. The van der Waals surface area contributed by atoms with Gasteiger partial charge in [-0.3, -0.25) is 4.98 Å². The van der Waals surface area contributed by atoms with Crippen molar-refractivity contribution in [2.45, 2.75) is 52.0 Å². The molecule has 1 aromatic carbocycles. The summed E-state index contributed by atoms with van der Waals surface area (Å²) in [6, 6.07) is 10.8. The zero-order chi connectivity index (χ0) is 19.2. The zero-order valence-corrected chi connectivity index (χ0v) is 15.0. The lowest BCUT2D eigenvalue weighted by atomic mass is 9.78. The van der Waals surface area contributed by atoms with Crippen molar-refractivity contribution in [3.8, 4) is 5.75 Å². The van der Waals surface area contributed by atoms with E-state index in [0.717, 1.165) is 5.56 Å². The molecule has 0 amide bonds. The summed E-state index contributed by atoms with van der Waals surface area (Å²) >= 11 is 0. The molecule has 2 rings (SSSR count). The second-order valence-electron chi connectivity index (χ2n) is 7.08. The molecule has 0 bridgehead atoms. The van der Waals surface area contributed by atoms with Crippen LogP contribution >= 0.6 is 0 Å². The minimum Gasteiger partial charge on any atom is -0.489 e. The summed E-state index contributed by atoms with van der Waals surface area (Å²) in [7, 11) is 0. The summed E-state index contributed by atoms with van der Waals surface area (Å²) in [4.78, 5) is 4.02. The van der Waals surface area contributed by atoms with Crippen LogP contribution in [0.5, 0.6) is 5.75 Å². The van der Waals surface area contributed by atoms with E-state index in [2.05, 4.69) is 4.98 Å². The van der Waals surface area contributed by atoms with Crippen LogP contribution < -0.4 is 4.74 Å². The Morgan fingerprint density at radius 2 is 1.88 bits per heavy atom. The second-order valence-corrected chi connectivity index (χ2v) is 7.08. The highest BCUT2D eigenvalue weighted by Gasteiger charge is 2.32. The Labute approximate surface area is 151 Å². The first-order valence-electron chi connectivity index (χ1n) is 8.54. The van der Waals surface area contributed by atoms with Crippen LogP contribution in [0.1, 0.15) is 50.3 Å². The summed E-state index contributed by atoms with van der Waals surface area (Å²) in [6.07, 6.45) is -2.22. The van der Waals surface area contributed by atoms with E-state index >= 15 is 0 Å². The molecule has 0 saturated carbocycles. The molecular weight excluding hydrogens is 343 g/mol. The quantitative estimate of drug-likeness (QED) is 0.674. The molecule has 0 aliphatic rings. The SMILES string of the molecule is CC(C)(CCCC(F)(F)F)C(O)c1cccc(OCc2cccnc2)c1. The van der Waals surface area contributed by atoms with Crippen molar-refractivity contribution in [3.05, 3.63) is 59.9 Å². The van der Waals surface area contributed by atoms with Crippen LogP contribution in [0, 0.1) is 5.41 Å². The Bertz CT molecular complexity index is 687. The number of aliphatic hydroxyl groups excluding tert-OH is 1. The first-order valence-corrected chi connectivity index (χ1v) is 8.54. The number of benzene rings is 1. The van der Waals surface area contributed by atoms with Crippen LogP contribution in [0.15, 0.2) is 48.8 Å². The predicted octanol–water partition coefficient (Wildman–Crippen LogP) is 5.45. The lowest BCUT2D eigenvalue weighted by molar-refractivity contribution is -0.137.